The highest BCUT2D eigenvalue weighted by atomic mass is 32.2. The van der Waals surface area contributed by atoms with Gasteiger partial charge in [-0.15, -0.1) is 0 Å². The largest absolute Gasteiger partial charge is 0.494 e. The van der Waals surface area contributed by atoms with Gasteiger partial charge in [0, 0.05) is 12.6 Å². The maximum Gasteiger partial charge on any atom is 0.264 e. The molecule has 1 fully saturated rings. The molecular weight excluding hydrogens is 569 g/mol. The predicted octanol–water partition coefficient (Wildman–Crippen LogP) is 5.59. The minimum atomic E-state index is -4.27. The smallest absolute Gasteiger partial charge is 0.264 e. The van der Waals surface area contributed by atoms with Crippen LogP contribution in [0, 0.1) is 12.7 Å². The summed E-state index contributed by atoms with van der Waals surface area (Å²) >= 11 is 0. The van der Waals surface area contributed by atoms with Crippen LogP contribution in [0.5, 0.6) is 5.75 Å². The van der Waals surface area contributed by atoms with Crippen molar-refractivity contribution in [3.63, 3.8) is 0 Å². The molecule has 1 saturated carbocycles. The fraction of sp³-hybridized carbons (Fsp3) is 0.394. The van der Waals surface area contributed by atoms with Crippen molar-refractivity contribution in [2.75, 3.05) is 17.5 Å². The van der Waals surface area contributed by atoms with Crippen LogP contribution in [0.3, 0.4) is 0 Å². The van der Waals surface area contributed by atoms with Crippen LogP contribution in [0.2, 0.25) is 0 Å². The summed E-state index contributed by atoms with van der Waals surface area (Å²) in [6.07, 6.45) is 4.23. The molecule has 0 radical (unpaired) electrons. The fourth-order valence-electron chi connectivity index (χ4n) is 5.32. The minimum absolute atomic E-state index is 0.0517. The first-order chi connectivity index (χ1) is 20.6. The predicted molar refractivity (Wildman–Crippen MR) is 165 cm³/mol. The number of nitrogens with zero attached hydrogens (tertiary/aromatic N) is 2. The number of sulfonamides is 1. The van der Waals surface area contributed by atoms with E-state index < -0.39 is 34.3 Å². The summed E-state index contributed by atoms with van der Waals surface area (Å²) in [5, 5.41) is 3.10. The van der Waals surface area contributed by atoms with Crippen LogP contribution in [0.15, 0.2) is 77.7 Å². The Balaban J connectivity index is 1.70. The monoisotopic (exact) mass is 609 g/mol. The number of halogens is 1. The summed E-state index contributed by atoms with van der Waals surface area (Å²) in [5.41, 5.74) is 1.99. The molecule has 0 heterocycles. The van der Waals surface area contributed by atoms with Gasteiger partial charge in [0.1, 0.15) is 24.2 Å². The van der Waals surface area contributed by atoms with Crippen molar-refractivity contribution >= 4 is 27.5 Å². The van der Waals surface area contributed by atoms with Crippen LogP contribution in [0.25, 0.3) is 0 Å². The van der Waals surface area contributed by atoms with E-state index in [2.05, 4.69) is 5.32 Å². The summed E-state index contributed by atoms with van der Waals surface area (Å²) in [6.45, 7) is 5.58. The van der Waals surface area contributed by atoms with E-state index in [0.29, 0.717) is 18.8 Å². The van der Waals surface area contributed by atoms with Crippen molar-refractivity contribution in [2.45, 2.75) is 76.4 Å². The molecule has 10 heteroatoms. The van der Waals surface area contributed by atoms with Crippen LogP contribution in [-0.4, -0.2) is 50.4 Å². The summed E-state index contributed by atoms with van der Waals surface area (Å²) < 4.78 is 48.2. The third-order valence-corrected chi connectivity index (χ3v) is 9.47. The summed E-state index contributed by atoms with van der Waals surface area (Å²) in [7, 11) is -4.27. The third-order valence-electron chi connectivity index (χ3n) is 7.68. The molecule has 0 spiro atoms. The van der Waals surface area contributed by atoms with Gasteiger partial charge in [0.25, 0.3) is 10.0 Å². The van der Waals surface area contributed by atoms with Gasteiger partial charge < -0.3 is 15.0 Å². The lowest BCUT2D eigenvalue weighted by atomic mass is 10.1. The van der Waals surface area contributed by atoms with E-state index in [4.69, 9.17) is 4.74 Å². The number of rotatable bonds is 13. The molecule has 4 rings (SSSR count). The number of anilines is 1. The number of benzene rings is 3. The zero-order valence-corrected chi connectivity index (χ0v) is 25.8. The summed E-state index contributed by atoms with van der Waals surface area (Å²) in [6, 6.07) is 17.8. The molecule has 1 unspecified atom stereocenters. The second kappa shape index (κ2) is 14.5. The van der Waals surface area contributed by atoms with Crippen LogP contribution < -0.4 is 14.4 Å². The first-order valence-electron chi connectivity index (χ1n) is 14.8. The van der Waals surface area contributed by atoms with Gasteiger partial charge in [-0.25, -0.2) is 12.8 Å². The minimum Gasteiger partial charge on any atom is -0.494 e. The zero-order chi connectivity index (χ0) is 31.0. The van der Waals surface area contributed by atoms with Crippen LogP contribution in [0.1, 0.15) is 57.1 Å². The first-order valence-corrected chi connectivity index (χ1v) is 16.2. The average molecular weight is 610 g/mol. The van der Waals surface area contributed by atoms with Gasteiger partial charge in [-0.1, -0.05) is 49.6 Å². The Morgan fingerprint density at radius 3 is 2.16 bits per heavy atom. The number of hydrogen-bond acceptors (Lipinski definition) is 5. The molecule has 2 amide bonds. The van der Waals surface area contributed by atoms with Crippen LogP contribution >= 0.6 is 0 Å². The van der Waals surface area contributed by atoms with Gasteiger partial charge in [0.05, 0.1) is 17.2 Å². The van der Waals surface area contributed by atoms with Gasteiger partial charge in [-0.2, -0.15) is 0 Å². The van der Waals surface area contributed by atoms with Gasteiger partial charge >= 0.3 is 0 Å². The highest BCUT2D eigenvalue weighted by Crippen LogP contribution is 2.27. The summed E-state index contributed by atoms with van der Waals surface area (Å²) in [4.78, 5) is 29.1. The van der Waals surface area contributed by atoms with Crippen LogP contribution in [0.4, 0.5) is 10.1 Å². The Hall–Kier alpha value is -3.92. The second-order valence-electron chi connectivity index (χ2n) is 10.8. The molecule has 8 nitrogen and oxygen atoms in total. The SMILES string of the molecule is CCOc1ccc(S(=O)(=O)N(CC(=O)N(Cc2ccc(C)cc2)C(CC)C(=O)NC2CCCC2)c2ccc(F)cc2)cc1. The molecule has 1 aliphatic carbocycles. The van der Waals surface area contributed by atoms with Crippen molar-refractivity contribution in [3.8, 4) is 5.75 Å². The topological polar surface area (TPSA) is 96.0 Å². The van der Waals surface area contributed by atoms with E-state index in [0.717, 1.165) is 53.2 Å². The molecule has 3 aromatic rings. The molecular formula is C33H40FN3O5S. The Bertz CT molecular complexity index is 1470. The van der Waals surface area contributed by atoms with E-state index in [1.165, 1.54) is 29.2 Å². The number of carbonyl (C=O) groups is 2. The number of amides is 2. The highest BCUT2D eigenvalue weighted by Gasteiger charge is 2.34. The number of nitrogens with one attached hydrogen (secondary N) is 1. The lowest BCUT2D eigenvalue weighted by Gasteiger charge is -2.33. The van der Waals surface area contributed by atoms with Crippen molar-refractivity contribution in [2.24, 2.45) is 0 Å². The number of hydrogen-bond donors (Lipinski definition) is 1. The van der Waals surface area contributed by atoms with Gasteiger partial charge in [-0.3, -0.25) is 13.9 Å². The first kappa shape index (κ1) is 32.0. The molecule has 43 heavy (non-hydrogen) atoms. The second-order valence-corrected chi connectivity index (χ2v) is 12.7. The fourth-order valence-corrected chi connectivity index (χ4v) is 6.73. The lowest BCUT2D eigenvalue weighted by Crippen LogP contribution is -2.53. The van der Waals surface area contributed by atoms with Gasteiger partial charge in [0.2, 0.25) is 11.8 Å². The van der Waals surface area contributed by atoms with E-state index in [9.17, 15) is 22.4 Å². The molecule has 1 N–H and O–H groups in total. The lowest BCUT2D eigenvalue weighted by molar-refractivity contribution is -0.140. The molecule has 0 bridgehead atoms. The summed E-state index contributed by atoms with van der Waals surface area (Å²) in [5.74, 6) is -0.830. The van der Waals surface area contributed by atoms with E-state index in [-0.39, 0.29) is 29.1 Å². The molecule has 1 atom stereocenters. The highest BCUT2D eigenvalue weighted by molar-refractivity contribution is 7.92. The Morgan fingerprint density at radius 1 is 0.953 bits per heavy atom. The van der Waals surface area contributed by atoms with Crippen molar-refractivity contribution < 1.29 is 27.1 Å². The number of carbonyl (C=O) groups excluding carboxylic acids is 2. The van der Waals surface area contributed by atoms with Gasteiger partial charge in [0.15, 0.2) is 0 Å². The Kier molecular flexibility index (Phi) is 10.8. The van der Waals surface area contributed by atoms with Crippen LogP contribution in [-0.2, 0) is 26.2 Å². The molecule has 0 aromatic heterocycles. The van der Waals surface area contributed by atoms with E-state index in [1.807, 2.05) is 45.0 Å². The van der Waals surface area contributed by atoms with Crippen molar-refractivity contribution in [3.05, 3.63) is 89.7 Å². The van der Waals surface area contributed by atoms with Gasteiger partial charge in [-0.05, 0) is 87.2 Å². The van der Waals surface area contributed by atoms with Crippen molar-refractivity contribution in [1.29, 1.82) is 0 Å². The molecule has 0 saturated heterocycles. The molecule has 1 aliphatic rings. The number of aryl methyl sites for hydroxylation is 1. The molecule has 0 aliphatic heterocycles. The third kappa shape index (κ3) is 8.13. The molecule has 3 aromatic carbocycles. The van der Waals surface area contributed by atoms with E-state index >= 15 is 0 Å². The zero-order valence-electron chi connectivity index (χ0n) is 25.0. The molecule has 230 valence electrons. The quantitative estimate of drug-likeness (QED) is 0.273. The maximum absolute atomic E-state index is 14.2. The van der Waals surface area contributed by atoms with E-state index in [1.54, 1.807) is 12.1 Å². The number of ether oxygens (including phenoxy) is 1. The Morgan fingerprint density at radius 2 is 1.58 bits per heavy atom. The average Bonchev–Trinajstić information content (AvgIpc) is 3.50. The standard InChI is InChI=1S/C33H40FN3O5S/c1-4-31(33(39)35-27-8-6-7-9-27)36(22-25-12-10-24(3)11-13-25)32(38)23-37(28-16-14-26(34)15-17-28)43(40,41)30-20-18-29(19-21-30)42-5-2/h10-21,27,31H,4-9,22-23H2,1-3H3,(H,35,39). The Labute approximate surface area is 253 Å². The normalized spacial score (nSPS) is 14.2. The maximum atomic E-state index is 14.2. The van der Waals surface area contributed by atoms with Crippen molar-refractivity contribution in [1.82, 2.24) is 10.2 Å².